The molecule has 0 atom stereocenters. The summed E-state index contributed by atoms with van der Waals surface area (Å²) in [6.45, 7) is 1.59. The van der Waals surface area contributed by atoms with Crippen LogP contribution in [0.5, 0.6) is 0 Å². The van der Waals surface area contributed by atoms with Crippen LogP contribution in [0.1, 0.15) is 11.3 Å². The van der Waals surface area contributed by atoms with Gasteiger partial charge in [-0.15, -0.1) is 0 Å². The zero-order valence-electron chi connectivity index (χ0n) is 9.21. The summed E-state index contributed by atoms with van der Waals surface area (Å²) in [5.41, 5.74) is 2.17. The number of aromatic amines is 1. The average molecular weight is 298 g/mol. The van der Waals surface area contributed by atoms with E-state index in [2.05, 4.69) is 31.2 Å². The molecule has 0 fully saturated rings. The van der Waals surface area contributed by atoms with E-state index in [0.717, 1.165) is 30.8 Å². The van der Waals surface area contributed by atoms with Crippen LogP contribution in [0.25, 0.3) is 0 Å². The first kappa shape index (κ1) is 12.3. The Hall–Kier alpha value is -1.20. The zero-order valence-corrected chi connectivity index (χ0v) is 10.8. The van der Waals surface area contributed by atoms with Crippen LogP contribution in [-0.4, -0.2) is 16.5 Å². The molecule has 2 N–H and O–H groups in total. The number of benzene rings is 1. The lowest BCUT2D eigenvalue weighted by atomic mass is 10.2. The van der Waals surface area contributed by atoms with Gasteiger partial charge in [0.1, 0.15) is 5.82 Å². The summed E-state index contributed by atoms with van der Waals surface area (Å²) >= 11 is 3.17. The van der Waals surface area contributed by atoms with Crippen molar-refractivity contribution in [2.45, 2.75) is 13.0 Å². The van der Waals surface area contributed by atoms with Crippen LogP contribution >= 0.6 is 15.9 Å². The first-order chi connectivity index (χ1) is 8.25. The van der Waals surface area contributed by atoms with Gasteiger partial charge in [0.25, 0.3) is 0 Å². The van der Waals surface area contributed by atoms with Gasteiger partial charge in [-0.3, -0.25) is 0 Å². The molecule has 17 heavy (non-hydrogen) atoms. The molecule has 1 heterocycles. The summed E-state index contributed by atoms with van der Waals surface area (Å²) < 4.78 is 13.5. The maximum absolute atomic E-state index is 13.0. The van der Waals surface area contributed by atoms with Crippen molar-refractivity contribution in [2.24, 2.45) is 0 Å². The third-order valence-electron chi connectivity index (χ3n) is 2.44. The zero-order chi connectivity index (χ0) is 12.1. The number of halogens is 2. The second-order valence-electron chi connectivity index (χ2n) is 3.75. The fourth-order valence-corrected chi connectivity index (χ4v) is 1.95. The Morgan fingerprint density at radius 1 is 1.41 bits per heavy atom. The first-order valence-corrected chi connectivity index (χ1v) is 6.17. The number of nitrogens with zero attached hydrogens (tertiary/aromatic N) is 1. The maximum Gasteiger partial charge on any atom is 0.137 e. The lowest BCUT2D eigenvalue weighted by molar-refractivity contribution is 0.618. The highest BCUT2D eigenvalue weighted by atomic mass is 79.9. The topological polar surface area (TPSA) is 40.7 Å². The minimum atomic E-state index is -0.230. The monoisotopic (exact) mass is 297 g/mol. The normalized spacial score (nSPS) is 10.7. The Balaban J connectivity index is 1.76. The van der Waals surface area contributed by atoms with Crippen molar-refractivity contribution < 1.29 is 4.39 Å². The van der Waals surface area contributed by atoms with Crippen molar-refractivity contribution in [1.82, 2.24) is 15.3 Å². The molecular formula is C12H13BrFN3. The van der Waals surface area contributed by atoms with Crippen LogP contribution in [0.3, 0.4) is 0 Å². The number of H-pyrrole nitrogens is 1. The highest BCUT2D eigenvalue weighted by molar-refractivity contribution is 9.10. The Kier molecular flexibility index (Phi) is 4.28. The largest absolute Gasteiger partial charge is 0.348 e. The molecule has 2 aromatic rings. The molecule has 0 saturated carbocycles. The van der Waals surface area contributed by atoms with Crippen LogP contribution in [0.15, 0.2) is 35.2 Å². The van der Waals surface area contributed by atoms with Crippen LogP contribution in [0.2, 0.25) is 0 Å². The van der Waals surface area contributed by atoms with Gasteiger partial charge in [-0.2, -0.15) is 0 Å². The van der Waals surface area contributed by atoms with Gasteiger partial charge in [0.15, 0.2) is 0 Å². The van der Waals surface area contributed by atoms with E-state index in [1.165, 1.54) is 6.07 Å². The van der Waals surface area contributed by atoms with Gasteiger partial charge in [0, 0.05) is 31.4 Å². The predicted molar refractivity (Wildman–Crippen MR) is 68.1 cm³/mol. The molecule has 5 heteroatoms. The SMILES string of the molecule is Fc1ccc(CNCCc2cnc[nH]2)cc1Br. The molecule has 90 valence electrons. The van der Waals surface area contributed by atoms with Crippen LogP contribution in [-0.2, 0) is 13.0 Å². The Morgan fingerprint density at radius 2 is 2.29 bits per heavy atom. The summed E-state index contributed by atoms with van der Waals surface area (Å²) in [6.07, 6.45) is 4.39. The number of nitrogens with one attached hydrogen (secondary N) is 2. The fraction of sp³-hybridized carbons (Fsp3) is 0.250. The molecule has 0 aliphatic heterocycles. The Labute approximate surface area is 108 Å². The van der Waals surface area contributed by atoms with E-state index in [-0.39, 0.29) is 5.82 Å². The van der Waals surface area contributed by atoms with Crippen molar-refractivity contribution in [3.8, 4) is 0 Å². The number of rotatable bonds is 5. The molecule has 3 nitrogen and oxygen atoms in total. The molecule has 0 aliphatic rings. The number of hydrogen-bond donors (Lipinski definition) is 2. The molecule has 0 bridgehead atoms. The van der Waals surface area contributed by atoms with E-state index in [9.17, 15) is 4.39 Å². The summed E-state index contributed by atoms with van der Waals surface area (Å²) in [6, 6.07) is 5.04. The smallest absolute Gasteiger partial charge is 0.137 e. The molecular weight excluding hydrogens is 285 g/mol. The van der Waals surface area contributed by atoms with E-state index < -0.39 is 0 Å². The maximum atomic E-state index is 13.0. The van der Waals surface area contributed by atoms with Crippen molar-refractivity contribution in [3.05, 3.63) is 52.3 Å². The highest BCUT2D eigenvalue weighted by Gasteiger charge is 2.00. The van der Waals surface area contributed by atoms with E-state index in [1.54, 1.807) is 18.5 Å². The van der Waals surface area contributed by atoms with Crippen LogP contribution < -0.4 is 5.32 Å². The third kappa shape index (κ3) is 3.64. The van der Waals surface area contributed by atoms with Crippen LogP contribution in [0, 0.1) is 5.82 Å². The van der Waals surface area contributed by atoms with Gasteiger partial charge < -0.3 is 10.3 Å². The average Bonchev–Trinajstić information content (AvgIpc) is 2.82. The summed E-state index contributed by atoms with van der Waals surface area (Å²) in [7, 11) is 0. The predicted octanol–water partition coefficient (Wildman–Crippen LogP) is 2.64. The number of aromatic nitrogens is 2. The molecule has 0 radical (unpaired) electrons. The Bertz CT molecular complexity index is 471. The number of hydrogen-bond acceptors (Lipinski definition) is 2. The molecule has 0 saturated heterocycles. The van der Waals surface area contributed by atoms with Gasteiger partial charge in [-0.05, 0) is 33.6 Å². The number of imidazole rings is 1. The van der Waals surface area contributed by atoms with Gasteiger partial charge in [0.2, 0.25) is 0 Å². The molecule has 0 spiro atoms. The van der Waals surface area contributed by atoms with E-state index in [4.69, 9.17) is 0 Å². The van der Waals surface area contributed by atoms with Crippen molar-refractivity contribution in [2.75, 3.05) is 6.54 Å². The molecule has 0 unspecified atom stereocenters. The van der Waals surface area contributed by atoms with Crippen molar-refractivity contribution in [3.63, 3.8) is 0 Å². The first-order valence-electron chi connectivity index (χ1n) is 5.37. The highest BCUT2D eigenvalue weighted by Crippen LogP contribution is 2.16. The molecule has 1 aromatic carbocycles. The lowest BCUT2D eigenvalue weighted by Gasteiger charge is -2.05. The minimum Gasteiger partial charge on any atom is -0.348 e. The van der Waals surface area contributed by atoms with E-state index in [1.807, 2.05) is 6.20 Å². The Morgan fingerprint density at radius 3 is 3.00 bits per heavy atom. The van der Waals surface area contributed by atoms with Crippen LogP contribution in [0.4, 0.5) is 4.39 Å². The second kappa shape index (κ2) is 5.93. The minimum absolute atomic E-state index is 0.230. The van der Waals surface area contributed by atoms with Crippen molar-refractivity contribution in [1.29, 1.82) is 0 Å². The fourth-order valence-electron chi connectivity index (χ4n) is 1.53. The quantitative estimate of drug-likeness (QED) is 0.833. The third-order valence-corrected chi connectivity index (χ3v) is 3.05. The lowest BCUT2D eigenvalue weighted by Crippen LogP contribution is -2.16. The molecule has 0 amide bonds. The standard InChI is InChI=1S/C12H13BrFN3/c13-11-5-9(1-2-12(11)14)6-15-4-3-10-7-16-8-17-10/h1-2,5,7-8,15H,3-4,6H2,(H,16,17). The molecule has 0 aliphatic carbocycles. The van der Waals surface area contributed by atoms with Gasteiger partial charge in [-0.25, -0.2) is 9.37 Å². The summed E-state index contributed by atoms with van der Waals surface area (Å²) in [5, 5.41) is 3.30. The second-order valence-corrected chi connectivity index (χ2v) is 4.61. The van der Waals surface area contributed by atoms with Crippen molar-refractivity contribution >= 4 is 15.9 Å². The van der Waals surface area contributed by atoms with Gasteiger partial charge >= 0.3 is 0 Å². The summed E-state index contributed by atoms with van der Waals surface area (Å²) in [5.74, 6) is -0.230. The molecule has 1 aromatic heterocycles. The van der Waals surface area contributed by atoms with Gasteiger partial charge in [-0.1, -0.05) is 6.07 Å². The van der Waals surface area contributed by atoms with E-state index >= 15 is 0 Å². The molecule has 2 rings (SSSR count). The van der Waals surface area contributed by atoms with E-state index in [0.29, 0.717) is 4.47 Å². The summed E-state index contributed by atoms with van der Waals surface area (Å²) in [4.78, 5) is 6.99. The van der Waals surface area contributed by atoms with Gasteiger partial charge in [0.05, 0.1) is 10.8 Å².